The van der Waals surface area contributed by atoms with Gasteiger partial charge >= 0.3 is 4.87 Å². The Hall–Kier alpha value is -3.23. The van der Waals surface area contributed by atoms with Crippen LogP contribution in [0.1, 0.15) is 28.1 Å². The number of hydrogen-bond donors (Lipinski definition) is 1. The fourth-order valence-electron chi connectivity index (χ4n) is 3.61. The number of amides is 1. The summed E-state index contributed by atoms with van der Waals surface area (Å²) in [6.07, 6.45) is 2.92. The number of thiophene rings is 1. The molecule has 5 nitrogen and oxygen atoms in total. The molecule has 2 aromatic heterocycles. The van der Waals surface area contributed by atoms with E-state index in [2.05, 4.69) is 16.8 Å². The van der Waals surface area contributed by atoms with Crippen molar-refractivity contribution in [2.75, 3.05) is 13.7 Å². The van der Waals surface area contributed by atoms with Crippen molar-refractivity contribution in [3.8, 4) is 22.7 Å². The van der Waals surface area contributed by atoms with Gasteiger partial charge in [-0.15, -0.1) is 11.3 Å². The molecule has 0 bridgehead atoms. The molecule has 0 aliphatic carbocycles. The molecule has 0 atom stereocenters. The van der Waals surface area contributed by atoms with Crippen LogP contribution in [0.2, 0.25) is 0 Å². The molecule has 33 heavy (non-hydrogen) atoms. The number of para-hydroxylation sites is 1. The first kappa shape index (κ1) is 22.9. The van der Waals surface area contributed by atoms with Crippen LogP contribution in [0.25, 0.3) is 16.9 Å². The zero-order chi connectivity index (χ0) is 23.2. The molecule has 0 unspecified atom stereocenters. The number of rotatable bonds is 9. The van der Waals surface area contributed by atoms with Gasteiger partial charge in [0, 0.05) is 27.9 Å². The monoisotopic (exact) mass is 482 g/mol. The fourth-order valence-corrected chi connectivity index (χ4v) is 5.12. The lowest BCUT2D eigenvalue weighted by atomic mass is 10.1. The molecule has 1 N–H and O–H groups in total. The summed E-state index contributed by atoms with van der Waals surface area (Å²) in [5.41, 5.74) is 2.08. The van der Waals surface area contributed by atoms with E-state index in [0.717, 1.165) is 30.6 Å². The molecule has 4 rings (SSSR count). The summed E-state index contributed by atoms with van der Waals surface area (Å²) in [6, 6.07) is 15.7. The lowest BCUT2D eigenvalue weighted by molar-refractivity contribution is 0.0953. The number of methoxy groups -OCH3 is 1. The third-order valence-corrected chi connectivity index (χ3v) is 6.88. The van der Waals surface area contributed by atoms with E-state index in [1.165, 1.54) is 28.7 Å². The summed E-state index contributed by atoms with van der Waals surface area (Å²) in [5, 5.41) is 6.74. The zero-order valence-corrected chi connectivity index (χ0v) is 19.7. The van der Waals surface area contributed by atoms with Crippen LogP contribution in [0.15, 0.2) is 70.2 Å². The van der Waals surface area contributed by atoms with Crippen LogP contribution in [0, 0.1) is 5.82 Å². The Kier molecular flexibility index (Phi) is 7.36. The summed E-state index contributed by atoms with van der Waals surface area (Å²) in [6.45, 7) is 0.595. The maximum atomic E-state index is 14.2. The highest BCUT2D eigenvalue weighted by Crippen LogP contribution is 2.30. The van der Waals surface area contributed by atoms with Gasteiger partial charge in [0.15, 0.2) is 11.6 Å². The third kappa shape index (κ3) is 5.23. The van der Waals surface area contributed by atoms with Crippen LogP contribution in [0.3, 0.4) is 0 Å². The van der Waals surface area contributed by atoms with E-state index in [9.17, 15) is 14.0 Å². The van der Waals surface area contributed by atoms with Gasteiger partial charge in [-0.1, -0.05) is 35.6 Å². The van der Waals surface area contributed by atoms with Crippen molar-refractivity contribution in [1.82, 2.24) is 9.88 Å². The molecule has 4 aromatic rings. The van der Waals surface area contributed by atoms with E-state index in [-0.39, 0.29) is 16.5 Å². The van der Waals surface area contributed by atoms with Crippen LogP contribution in [-0.4, -0.2) is 24.1 Å². The molecule has 1 amide bonds. The topological polar surface area (TPSA) is 60.3 Å². The second kappa shape index (κ2) is 10.6. The van der Waals surface area contributed by atoms with Gasteiger partial charge in [0.1, 0.15) is 0 Å². The van der Waals surface area contributed by atoms with E-state index in [1.54, 1.807) is 41.0 Å². The molecular formula is C25H23FN2O3S2. The second-order valence-corrected chi connectivity index (χ2v) is 9.24. The first-order chi connectivity index (χ1) is 16.1. The highest BCUT2D eigenvalue weighted by Gasteiger charge is 2.18. The van der Waals surface area contributed by atoms with Crippen LogP contribution in [0.5, 0.6) is 5.75 Å². The average molecular weight is 483 g/mol. The van der Waals surface area contributed by atoms with E-state index in [4.69, 9.17) is 4.74 Å². The summed E-state index contributed by atoms with van der Waals surface area (Å²) in [5.74, 6) is -0.720. The molecule has 170 valence electrons. The highest BCUT2D eigenvalue weighted by molar-refractivity contribution is 7.09. The van der Waals surface area contributed by atoms with Crippen LogP contribution < -0.4 is 14.9 Å². The average Bonchev–Trinajstić information content (AvgIpc) is 3.48. The van der Waals surface area contributed by atoms with Gasteiger partial charge < -0.3 is 10.1 Å². The molecule has 2 aromatic carbocycles. The Morgan fingerprint density at radius 3 is 2.73 bits per heavy atom. The van der Waals surface area contributed by atoms with Gasteiger partial charge in [0.05, 0.1) is 18.5 Å². The predicted molar refractivity (Wildman–Crippen MR) is 131 cm³/mol. The maximum Gasteiger partial charge on any atom is 0.312 e. The van der Waals surface area contributed by atoms with E-state index in [0.29, 0.717) is 29.1 Å². The number of nitrogens with one attached hydrogen (secondary N) is 1. The minimum Gasteiger partial charge on any atom is -0.492 e. The molecule has 8 heteroatoms. The number of hydrogen-bond acceptors (Lipinski definition) is 5. The number of nitrogens with zero attached hydrogens (tertiary/aromatic N) is 1. The Morgan fingerprint density at radius 1 is 1.09 bits per heavy atom. The zero-order valence-electron chi connectivity index (χ0n) is 18.0. The molecule has 2 heterocycles. The second-order valence-electron chi connectivity index (χ2n) is 7.39. The van der Waals surface area contributed by atoms with Crippen molar-refractivity contribution in [3.63, 3.8) is 0 Å². The quantitative estimate of drug-likeness (QED) is 0.319. The smallest absolute Gasteiger partial charge is 0.312 e. The van der Waals surface area contributed by atoms with Gasteiger partial charge in [-0.25, -0.2) is 4.39 Å². The van der Waals surface area contributed by atoms with Gasteiger partial charge in [0.25, 0.3) is 5.91 Å². The van der Waals surface area contributed by atoms with E-state index < -0.39 is 5.82 Å². The van der Waals surface area contributed by atoms with Crippen molar-refractivity contribution in [2.24, 2.45) is 0 Å². The Labute approximate surface area is 199 Å². The lowest BCUT2D eigenvalue weighted by Crippen LogP contribution is -2.24. The van der Waals surface area contributed by atoms with E-state index in [1.807, 2.05) is 12.1 Å². The first-order valence-corrected chi connectivity index (χ1v) is 12.3. The first-order valence-electron chi connectivity index (χ1n) is 10.5. The normalized spacial score (nSPS) is 10.8. The minimum absolute atomic E-state index is 0.00399. The van der Waals surface area contributed by atoms with E-state index >= 15 is 0 Å². The summed E-state index contributed by atoms with van der Waals surface area (Å²) >= 11 is 2.76. The van der Waals surface area contributed by atoms with Crippen molar-refractivity contribution in [2.45, 2.75) is 19.3 Å². The van der Waals surface area contributed by atoms with Crippen LogP contribution in [0.4, 0.5) is 4.39 Å². The van der Waals surface area contributed by atoms with Crippen molar-refractivity contribution >= 4 is 28.6 Å². The number of halogens is 1. The number of carbonyl (C=O) groups excluding carboxylic acids is 1. The van der Waals surface area contributed by atoms with Gasteiger partial charge in [0.2, 0.25) is 0 Å². The predicted octanol–water partition coefficient (Wildman–Crippen LogP) is 5.53. The van der Waals surface area contributed by atoms with Crippen molar-refractivity contribution in [1.29, 1.82) is 0 Å². The number of aromatic nitrogens is 1. The summed E-state index contributed by atoms with van der Waals surface area (Å²) in [7, 11) is 1.37. The number of benzene rings is 2. The number of carbonyl (C=O) groups is 1. The van der Waals surface area contributed by atoms with Crippen LogP contribution >= 0.6 is 22.7 Å². The molecule has 0 fully saturated rings. The Morgan fingerprint density at radius 2 is 1.94 bits per heavy atom. The SMILES string of the molecule is COc1c(F)cccc1-n1c(-c2cccc(C(=O)NCCCCc3cccs3)c2)csc1=O. The Balaban J connectivity index is 1.50. The molecule has 0 saturated heterocycles. The molecular weight excluding hydrogens is 459 g/mol. The van der Waals surface area contributed by atoms with Gasteiger partial charge in [-0.3, -0.25) is 14.2 Å². The minimum atomic E-state index is -0.550. The number of ether oxygens (including phenoxy) is 1. The highest BCUT2D eigenvalue weighted by atomic mass is 32.1. The third-order valence-electron chi connectivity index (χ3n) is 5.22. The maximum absolute atomic E-state index is 14.2. The summed E-state index contributed by atoms with van der Waals surface area (Å²) < 4.78 is 20.9. The largest absolute Gasteiger partial charge is 0.492 e. The number of thiazole rings is 1. The van der Waals surface area contributed by atoms with Crippen LogP contribution in [-0.2, 0) is 6.42 Å². The fraction of sp³-hybridized carbons (Fsp3) is 0.200. The molecule has 0 aliphatic heterocycles. The summed E-state index contributed by atoms with van der Waals surface area (Å²) in [4.78, 5) is 26.4. The molecule has 0 aliphatic rings. The molecule has 0 radical (unpaired) electrons. The number of unbranched alkanes of at least 4 members (excludes halogenated alkanes) is 1. The van der Waals surface area contributed by atoms with Gasteiger partial charge in [-0.2, -0.15) is 0 Å². The molecule has 0 spiro atoms. The standard InChI is InChI=1S/C25H23FN2O3S2/c1-31-23-20(26)11-5-12-21(23)28-22(16-33-25(28)30)17-7-4-8-18(15-17)24(29)27-13-3-2-9-19-10-6-14-32-19/h4-8,10-12,14-16H,2-3,9,13H2,1H3,(H,27,29). The molecule has 0 saturated carbocycles. The Bertz CT molecular complexity index is 1300. The lowest BCUT2D eigenvalue weighted by Gasteiger charge is -2.13. The van der Waals surface area contributed by atoms with Gasteiger partial charge in [-0.05, 0) is 55.0 Å². The number of aryl methyl sites for hydroxylation is 1. The van der Waals surface area contributed by atoms with Crippen molar-refractivity contribution in [3.05, 3.63) is 91.3 Å². The van der Waals surface area contributed by atoms with Crippen molar-refractivity contribution < 1.29 is 13.9 Å².